The Bertz CT molecular complexity index is 503. The lowest BCUT2D eigenvalue weighted by molar-refractivity contribution is 0.0946. The maximum Gasteiger partial charge on any atom is 0.255 e. The van der Waals surface area contributed by atoms with Crippen LogP contribution in [0.5, 0.6) is 5.75 Å². The summed E-state index contributed by atoms with van der Waals surface area (Å²) in [6, 6.07) is 3.08. The van der Waals surface area contributed by atoms with Gasteiger partial charge in [0.05, 0.1) is 18.4 Å². The Morgan fingerprint density at radius 2 is 2.25 bits per heavy atom. The SMILES string of the molecule is COc1cc(F)c(N)cc1C(=O)NCCN(C)C1CC1. The van der Waals surface area contributed by atoms with E-state index < -0.39 is 5.82 Å². The number of halogens is 1. The number of amides is 1. The normalized spacial score (nSPS) is 14.4. The molecule has 20 heavy (non-hydrogen) atoms. The number of rotatable bonds is 6. The lowest BCUT2D eigenvalue weighted by Crippen LogP contribution is -2.34. The summed E-state index contributed by atoms with van der Waals surface area (Å²) in [6.07, 6.45) is 2.46. The van der Waals surface area contributed by atoms with Crippen LogP contribution in [0.15, 0.2) is 12.1 Å². The zero-order valence-electron chi connectivity index (χ0n) is 11.8. The first kappa shape index (κ1) is 14.6. The Hall–Kier alpha value is -1.82. The van der Waals surface area contributed by atoms with Gasteiger partial charge in [-0.25, -0.2) is 4.39 Å². The number of nitrogens with two attached hydrogens (primary N) is 1. The highest BCUT2D eigenvalue weighted by atomic mass is 19.1. The van der Waals surface area contributed by atoms with Gasteiger partial charge in [-0.15, -0.1) is 0 Å². The summed E-state index contributed by atoms with van der Waals surface area (Å²) < 4.78 is 18.3. The minimum absolute atomic E-state index is 0.0638. The average molecular weight is 281 g/mol. The fourth-order valence-electron chi connectivity index (χ4n) is 2.06. The Kier molecular flexibility index (Phi) is 4.44. The topological polar surface area (TPSA) is 67.6 Å². The highest BCUT2D eigenvalue weighted by molar-refractivity contribution is 5.97. The summed E-state index contributed by atoms with van der Waals surface area (Å²) in [5.41, 5.74) is 5.67. The van der Waals surface area contributed by atoms with Crippen molar-refractivity contribution in [2.24, 2.45) is 0 Å². The van der Waals surface area contributed by atoms with E-state index in [1.165, 1.54) is 26.0 Å². The molecule has 0 spiro atoms. The van der Waals surface area contributed by atoms with Crippen LogP contribution in [-0.2, 0) is 0 Å². The molecule has 1 aromatic rings. The monoisotopic (exact) mass is 281 g/mol. The van der Waals surface area contributed by atoms with Crippen molar-refractivity contribution >= 4 is 11.6 Å². The number of nitrogens with zero attached hydrogens (tertiary/aromatic N) is 1. The number of ether oxygens (including phenoxy) is 1. The first-order valence-corrected chi connectivity index (χ1v) is 6.64. The zero-order chi connectivity index (χ0) is 14.7. The van der Waals surface area contributed by atoms with E-state index in [1.807, 2.05) is 7.05 Å². The lowest BCUT2D eigenvalue weighted by Gasteiger charge is -2.16. The third-order valence-electron chi connectivity index (χ3n) is 3.48. The van der Waals surface area contributed by atoms with Crippen molar-refractivity contribution in [2.45, 2.75) is 18.9 Å². The van der Waals surface area contributed by atoms with Crippen molar-refractivity contribution in [3.63, 3.8) is 0 Å². The fraction of sp³-hybridized carbons (Fsp3) is 0.500. The maximum atomic E-state index is 13.3. The largest absolute Gasteiger partial charge is 0.496 e. The molecule has 3 N–H and O–H groups in total. The smallest absolute Gasteiger partial charge is 0.255 e. The highest BCUT2D eigenvalue weighted by Gasteiger charge is 2.25. The molecule has 6 heteroatoms. The Labute approximate surface area is 117 Å². The molecule has 5 nitrogen and oxygen atoms in total. The van der Waals surface area contributed by atoms with Gasteiger partial charge in [0.15, 0.2) is 0 Å². The summed E-state index contributed by atoms with van der Waals surface area (Å²) in [5.74, 6) is -0.714. The van der Waals surface area contributed by atoms with Gasteiger partial charge >= 0.3 is 0 Å². The summed E-state index contributed by atoms with van der Waals surface area (Å²) in [4.78, 5) is 14.3. The van der Waals surface area contributed by atoms with Gasteiger partial charge < -0.3 is 20.7 Å². The molecular formula is C14H20FN3O2. The first-order chi connectivity index (χ1) is 9.52. The molecule has 1 amide bonds. The van der Waals surface area contributed by atoms with Gasteiger partial charge in [0.2, 0.25) is 0 Å². The van der Waals surface area contributed by atoms with Gasteiger partial charge in [0.1, 0.15) is 11.6 Å². The molecule has 1 aliphatic carbocycles. The second kappa shape index (κ2) is 6.09. The van der Waals surface area contributed by atoms with E-state index in [4.69, 9.17) is 10.5 Å². The molecule has 1 fully saturated rings. The van der Waals surface area contributed by atoms with Crippen LogP contribution in [0.3, 0.4) is 0 Å². The summed E-state index contributed by atoms with van der Waals surface area (Å²) in [6.45, 7) is 1.32. The molecule has 0 aliphatic heterocycles. The molecule has 110 valence electrons. The molecule has 0 aromatic heterocycles. The molecule has 0 atom stereocenters. The van der Waals surface area contributed by atoms with E-state index in [0.717, 1.165) is 12.6 Å². The second-order valence-corrected chi connectivity index (χ2v) is 5.04. The van der Waals surface area contributed by atoms with Crippen LogP contribution in [-0.4, -0.2) is 44.1 Å². The molecule has 0 unspecified atom stereocenters. The van der Waals surface area contributed by atoms with Gasteiger partial charge in [-0.1, -0.05) is 0 Å². The Balaban J connectivity index is 1.95. The van der Waals surface area contributed by atoms with Crippen LogP contribution in [0.2, 0.25) is 0 Å². The lowest BCUT2D eigenvalue weighted by atomic mass is 10.1. The maximum absolute atomic E-state index is 13.3. The van der Waals surface area contributed by atoms with Crippen LogP contribution in [0, 0.1) is 5.82 Å². The number of benzene rings is 1. The average Bonchev–Trinajstić information content (AvgIpc) is 3.25. The van der Waals surface area contributed by atoms with Crippen LogP contribution >= 0.6 is 0 Å². The first-order valence-electron chi connectivity index (χ1n) is 6.64. The van der Waals surface area contributed by atoms with E-state index in [2.05, 4.69) is 10.2 Å². The van der Waals surface area contributed by atoms with Gasteiger partial charge in [-0.3, -0.25) is 4.79 Å². The highest BCUT2D eigenvalue weighted by Crippen LogP contribution is 2.25. The zero-order valence-corrected chi connectivity index (χ0v) is 11.8. The van der Waals surface area contributed by atoms with Crippen molar-refractivity contribution in [2.75, 3.05) is 33.0 Å². The number of carbonyl (C=O) groups is 1. The number of hydrogen-bond donors (Lipinski definition) is 2. The third kappa shape index (κ3) is 3.39. The Morgan fingerprint density at radius 1 is 1.55 bits per heavy atom. The summed E-state index contributed by atoms with van der Waals surface area (Å²) in [7, 11) is 3.43. The van der Waals surface area contributed by atoms with Crippen molar-refractivity contribution < 1.29 is 13.9 Å². The van der Waals surface area contributed by atoms with E-state index in [1.54, 1.807) is 0 Å². The Morgan fingerprint density at radius 3 is 2.85 bits per heavy atom. The number of likely N-dealkylation sites (N-methyl/N-ethyl adjacent to an activating group) is 1. The fourth-order valence-corrected chi connectivity index (χ4v) is 2.06. The van der Waals surface area contributed by atoms with Gasteiger partial charge in [0.25, 0.3) is 5.91 Å². The van der Waals surface area contributed by atoms with Gasteiger partial charge in [-0.05, 0) is 26.0 Å². The van der Waals surface area contributed by atoms with E-state index >= 15 is 0 Å². The predicted octanol–water partition coefficient (Wildman–Crippen LogP) is 1.24. The minimum Gasteiger partial charge on any atom is -0.496 e. The van der Waals surface area contributed by atoms with Crippen LogP contribution in [0.25, 0.3) is 0 Å². The quantitative estimate of drug-likeness (QED) is 0.770. The molecule has 0 bridgehead atoms. The van der Waals surface area contributed by atoms with Crippen molar-refractivity contribution in [3.05, 3.63) is 23.5 Å². The van der Waals surface area contributed by atoms with E-state index in [9.17, 15) is 9.18 Å². The third-order valence-corrected chi connectivity index (χ3v) is 3.48. The van der Waals surface area contributed by atoms with E-state index in [-0.39, 0.29) is 22.9 Å². The van der Waals surface area contributed by atoms with Crippen molar-refractivity contribution in [3.8, 4) is 5.75 Å². The number of nitrogen functional groups attached to an aromatic ring is 1. The summed E-state index contributed by atoms with van der Waals surface area (Å²) in [5, 5.41) is 2.80. The van der Waals surface area contributed by atoms with Crippen LogP contribution in [0.4, 0.5) is 10.1 Å². The molecule has 1 saturated carbocycles. The van der Waals surface area contributed by atoms with Crippen molar-refractivity contribution in [1.29, 1.82) is 0 Å². The molecular weight excluding hydrogens is 261 g/mol. The van der Waals surface area contributed by atoms with Gasteiger partial charge in [-0.2, -0.15) is 0 Å². The standard InChI is InChI=1S/C14H20FN3O2/c1-18(9-3-4-9)6-5-17-14(19)10-7-12(16)11(15)8-13(10)20-2/h7-9H,3-6,16H2,1-2H3,(H,17,19). The second-order valence-electron chi connectivity index (χ2n) is 5.04. The predicted molar refractivity (Wildman–Crippen MR) is 75.3 cm³/mol. The number of hydrogen-bond acceptors (Lipinski definition) is 4. The molecule has 0 radical (unpaired) electrons. The van der Waals surface area contributed by atoms with Crippen molar-refractivity contribution in [1.82, 2.24) is 10.2 Å². The number of anilines is 1. The minimum atomic E-state index is -0.591. The van der Waals surface area contributed by atoms with Gasteiger partial charge in [0, 0.05) is 25.2 Å². The van der Waals surface area contributed by atoms with Crippen LogP contribution in [0.1, 0.15) is 23.2 Å². The van der Waals surface area contributed by atoms with Crippen LogP contribution < -0.4 is 15.8 Å². The number of nitrogens with one attached hydrogen (secondary N) is 1. The number of carbonyl (C=O) groups excluding carboxylic acids is 1. The molecule has 1 aromatic carbocycles. The molecule has 1 aliphatic rings. The molecule has 0 heterocycles. The molecule has 0 saturated heterocycles. The van der Waals surface area contributed by atoms with E-state index in [0.29, 0.717) is 12.6 Å². The summed E-state index contributed by atoms with van der Waals surface area (Å²) >= 11 is 0. The number of methoxy groups -OCH3 is 1. The molecule has 2 rings (SSSR count).